The maximum absolute atomic E-state index is 11.2. The van der Waals surface area contributed by atoms with E-state index in [9.17, 15) is 4.79 Å². The van der Waals surface area contributed by atoms with Crippen LogP contribution in [-0.2, 0) is 0 Å². The minimum atomic E-state index is -0.424. The Bertz CT molecular complexity index is 517. The Morgan fingerprint density at radius 2 is 1.87 bits per heavy atom. The summed E-state index contributed by atoms with van der Waals surface area (Å²) in [4.78, 5) is 11.2. The number of fused-ring (bicyclic) bond motifs is 1. The fraction of sp³-hybridized carbons (Fsp3) is 0.182. The SMILES string of the molecule is Cc1c(C)n(C(N)=O)c2ccccc12.Cl. The minimum Gasteiger partial charge on any atom is -0.351 e. The molecule has 0 fully saturated rings. The molecule has 0 saturated heterocycles. The van der Waals surface area contributed by atoms with Crippen LogP contribution in [0.5, 0.6) is 0 Å². The Kier molecular flexibility index (Phi) is 3.05. The first-order valence-corrected chi connectivity index (χ1v) is 4.49. The summed E-state index contributed by atoms with van der Waals surface area (Å²) >= 11 is 0. The van der Waals surface area contributed by atoms with Crippen molar-refractivity contribution in [1.29, 1.82) is 0 Å². The number of carbonyl (C=O) groups is 1. The second-order valence-electron chi connectivity index (χ2n) is 3.40. The van der Waals surface area contributed by atoms with Gasteiger partial charge in [0, 0.05) is 11.1 Å². The van der Waals surface area contributed by atoms with Gasteiger partial charge in [0.15, 0.2) is 0 Å². The van der Waals surface area contributed by atoms with Gasteiger partial charge in [-0.2, -0.15) is 0 Å². The van der Waals surface area contributed by atoms with E-state index in [1.54, 1.807) is 4.57 Å². The summed E-state index contributed by atoms with van der Waals surface area (Å²) < 4.78 is 1.55. The lowest BCUT2D eigenvalue weighted by Gasteiger charge is -2.00. The van der Waals surface area contributed by atoms with Crippen LogP contribution in [0.15, 0.2) is 24.3 Å². The van der Waals surface area contributed by atoms with Crippen LogP contribution in [0, 0.1) is 13.8 Å². The molecule has 0 aliphatic rings. The van der Waals surface area contributed by atoms with Gasteiger partial charge in [-0.25, -0.2) is 4.79 Å². The lowest BCUT2D eigenvalue weighted by molar-refractivity contribution is 0.251. The lowest BCUT2D eigenvalue weighted by Crippen LogP contribution is -2.20. The second kappa shape index (κ2) is 3.95. The maximum Gasteiger partial charge on any atom is 0.323 e. The van der Waals surface area contributed by atoms with E-state index in [1.807, 2.05) is 38.1 Å². The Hall–Kier alpha value is -1.48. The summed E-state index contributed by atoms with van der Waals surface area (Å²) in [5.41, 5.74) is 8.23. The van der Waals surface area contributed by atoms with E-state index in [0.29, 0.717) is 0 Å². The molecule has 4 heteroatoms. The van der Waals surface area contributed by atoms with E-state index in [0.717, 1.165) is 22.2 Å². The number of carbonyl (C=O) groups excluding carboxylic acids is 1. The molecule has 80 valence electrons. The number of primary amides is 1. The Labute approximate surface area is 94.3 Å². The van der Waals surface area contributed by atoms with Crippen molar-refractivity contribution in [2.45, 2.75) is 13.8 Å². The minimum absolute atomic E-state index is 0. The van der Waals surface area contributed by atoms with Crippen molar-refractivity contribution in [1.82, 2.24) is 4.57 Å². The van der Waals surface area contributed by atoms with E-state index in [1.165, 1.54) is 0 Å². The van der Waals surface area contributed by atoms with Crippen LogP contribution in [0.4, 0.5) is 4.79 Å². The highest BCUT2D eigenvalue weighted by molar-refractivity contribution is 5.94. The molecule has 15 heavy (non-hydrogen) atoms. The quantitative estimate of drug-likeness (QED) is 0.735. The van der Waals surface area contributed by atoms with E-state index in [4.69, 9.17) is 5.73 Å². The van der Waals surface area contributed by atoms with Crippen molar-refractivity contribution >= 4 is 29.3 Å². The molecule has 0 aliphatic carbocycles. The molecule has 2 rings (SSSR count). The largest absolute Gasteiger partial charge is 0.351 e. The van der Waals surface area contributed by atoms with E-state index in [-0.39, 0.29) is 12.4 Å². The van der Waals surface area contributed by atoms with Gasteiger partial charge in [-0.1, -0.05) is 18.2 Å². The molecule has 0 unspecified atom stereocenters. The van der Waals surface area contributed by atoms with Crippen LogP contribution < -0.4 is 5.73 Å². The van der Waals surface area contributed by atoms with Crippen LogP contribution in [-0.4, -0.2) is 10.6 Å². The molecule has 1 amide bonds. The number of aromatic nitrogens is 1. The molecule has 0 spiro atoms. The van der Waals surface area contributed by atoms with Crippen molar-refractivity contribution in [2.75, 3.05) is 0 Å². The summed E-state index contributed by atoms with van der Waals surface area (Å²) in [6.07, 6.45) is 0. The van der Waals surface area contributed by atoms with Gasteiger partial charge in [0.05, 0.1) is 5.52 Å². The number of hydrogen-bond donors (Lipinski definition) is 1. The molecule has 0 aliphatic heterocycles. The third-order valence-corrected chi connectivity index (χ3v) is 2.65. The van der Waals surface area contributed by atoms with Crippen LogP contribution in [0.1, 0.15) is 11.3 Å². The number of rotatable bonds is 0. The number of aryl methyl sites for hydroxylation is 1. The maximum atomic E-state index is 11.2. The molecule has 0 bridgehead atoms. The standard InChI is InChI=1S/C11H12N2O.ClH/c1-7-8(2)13(11(12)14)10-6-4-3-5-9(7)10;/h3-6H,1-2H3,(H2,12,14);1H. The van der Waals surface area contributed by atoms with E-state index >= 15 is 0 Å². The molecule has 0 saturated carbocycles. The first kappa shape index (κ1) is 11.6. The highest BCUT2D eigenvalue weighted by Crippen LogP contribution is 2.23. The molecular formula is C11H13ClN2O. The number of benzene rings is 1. The molecule has 2 aromatic rings. The molecule has 3 nitrogen and oxygen atoms in total. The monoisotopic (exact) mass is 224 g/mol. The van der Waals surface area contributed by atoms with Crippen molar-refractivity contribution in [3.8, 4) is 0 Å². The average Bonchev–Trinajstić information content (AvgIpc) is 2.41. The van der Waals surface area contributed by atoms with Gasteiger partial charge < -0.3 is 5.73 Å². The van der Waals surface area contributed by atoms with Crippen LogP contribution in [0.3, 0.4) is 0 Å². The van der Waals surface area contributed by atoms with Crippen LogP contribution in [0.25, 0.3) is 10.9 Å². The van der Waals surface area contributed by atoms with Gasteiger partial charge in [0.25, 0.3) is 0 Å². The third kappa shape index (κ3) is 1.59. The number of nitrogens with zero attached hydrogens (tertiary/aromatic N) is 1. The topological polar surface area (TPSA) is 48.0 Å². The fourth-order valence-corrected chi connectivity index (χ4v) is 1.81. The summed E-state index contributed by atoms with van der Waals surface area (Å²) in [5, 5.41) is 1.09. The van der Waals surface area contributed by atoms with Gasteiger partial charge in [0.1, 0.15) is 0 Å². The zero-order valence-electron chi connectivity index (χ0n) is 8.65. The van der Waals surface area contributed by atoms with Gasteiger partial charge >= 0.3 is 6.03 Å². The number of halogens is 1. The van der Waals surface area contributed by atoms with Crippen molar-refractivity contribution in [3.05, 3.63) is 35.5 Å². The van der Waals surface area contributed by atoms with Crippen LogP contribution in [0.2, 0.25) is 0 Å². The first-order valence-electron chi connectivity index (χ1n) is 4.49. The van der Waals surface area contributed by atoms with Gasteiger partial charge in [-0.3, -0.25) is 4.57 Å². The summed E-state index contributed by atoms with van der Waals surface area (Å²) in [7, 11) is 0. The smallest absolute Gasteiger partial charge is 0.323 e. The molecule has 2 N–H and O–H groups in total. The van der Waals surface area contributed by atoms with Gasteiger partial charge in [-0.05, 0) is 25.5 Å². The summed E-state index contributed by atoms with van der Waals surface area (Å²) in [5.74, 6) is 0. The van der Waals surface area contributed by atoms with E-state index < -0.39 is 6.03 Å². The normalized spacial score (nSPS) is 10.0. The zero-order valence-corrected chi connectivity index (χ0v) is 9.47. The van der Waals surface area contributed by atoms with Crippen molar-refractivity contribution < 1.29 is 4.79 Å². The third-order valence-electron chi connectivity index (χ3n) is 2.65. The predicted molar refractivity (Wildman–Crippen MR) is 63.6 cm³/mol. The van der Waals surface area contributed by atoms with Gasteiger partial charge in [-0.15, -0.1) is 12.4 Å². The predicted octanol–water partition coefficient (Wildman–Crippen LogP) is 2.61. The molecule has 1 aromatic heterocycles. The Morgan fingerprint density at radius 3 is 2.47 bits per heavy atom. The molecule has 0 atom stereocenters. The van der Waals surface area contributed by atoms with E-state index in [2.05, 4.69) is 0 Å². The zero-order chi connectivity index (χ0) is 10.3. The second-order valence-corrected chi connectivity index (χ2v) is 3.40. The number of amides is 1. The fourth-order valence-electron chi connectivity index (χ4n) is 1.81. The van der Waals surface area contributed by atoms with Crippen molar-refractivity contribution in [3.63, 3.8) is 0 Å². The highest BCUT2D eigenvalue weighted by atomic mass is 35.5. The van der Waals surface area contributed by atoms with Crippen LogP contribution >= 0.6 is 12.4 Å². The molecule has 0 radical (unpaired) electrons. The molecular weight excluding hydrogens is 212 g/mol. The summed E-state index contributed by atoms with van der Waals surface area (Å²) in [6, 6.07) is 7.34. The first-order chi connectivity index (χ1) is 6.63. The number of nitrogens with two attached hydrogens (primary N) is 1. The molecule has 1 aromatic carbocycles. The summed E-state index contributed by atoms with van der Waals surface area (Å²) in [6.45, 7) is 3.90. The number of para-hydroxylation sites is 1. The number of hydrogen-bond acceptors (Lipinski definition) is 1. The Morgan fingerprint density at radius 1 is 1.27 bits per heavy atom. The Balaban J connectivity index is 0.00000112. The molecule has 1 heterocycles. The highest BCUT2D eigenvalue weighted by Gasteiger charge is 2.12. The lowest BCUT2D eigenvalue weighted by atomic mass is 10.2. The average molecular weight is 225 g/mol. The van der Waals surface area contributed by atoms with Gasteiger partial charge in [0.2, 0.25) is 0 Å². The van der Waals surface area contributed by atoms with Crippen molar-refractivity contribution in [2.24, 2.45) is 5.73 Å².